The summed E-state index contributed by atoms with van der Waals surface area (Å²) in [5.74, 6) is 0. The summed E-state index contributed by atoms with van der Waals surface area (Å²) in [5.41, 5.74) is 6.92. The molecule has 0 fully saturated rings. The summed E-state index contributed by atoms with van der Waals surface area (Å²) in [7, 11) is 0. The molecule has 0 amide bonds. The fourth-order valence-corrected chi connectivity index (χ4v) is 6.29. The van der Waals surface area contributed by atoms with E-state index in [4.69, 9.17) is 11.6 Å². The monoisotopic (exact) mass is 743 g/mol. The van der Waals surface area contributed by atoms with E-state index < -0.39 is 0 Å². The second-order valence-corrected chi connectivity index (χ2v) is 11.8. The van der Waals surface area contributed by atoms with Crippen LogP contribution in [-0.2, 0) is 30.7 Å². The van der Waals surface area contributed by atoms with E-state index in [1.165, 1.54) is 84.4 Å². The fourth-order valence-electron chi connectivity index (χ4n) is 5.69. The Morgan fingerprint density at radius 2 is 1.32 bits per heavy atom. The van der Waals surface area contributed by atoms with Crippen LogP contribution in [-0.4, -0.2) is 3.71 Å². The predicted octanol–water partition coefficient (Wildman–Crippen LogP) is 12.2. The Hall–Kier alpha value is -3.58. The molecule has 0 nitrogen and oxygen atoms in total. The third kappa shape index (κ3) is 8.87. The summed E-state index contributed by atoms with van der Waals surface area (Å²) in [5, 5.41) is 8.54. The van der Waals surface area contributed by atoms with Crippen LogP contribution in [0.4, 0.5) is 0 Å². The number of halogens is 3. The Bertz CT molecular complexity index is 2070. The van der Waals surface area contributed by atoms with E-state index in [1.54, 1.807) is 0 Å². The van der Waals surface area contributed by atoms with E-state index in [0.717, 1.165) is 17.9 Å². The average molecular weight is 746 g/mol. The average Bonchev–Trinajstić information content (AvgIpc) is 3.82. The molecule has 0 atom stereocenters. The van der Waals surface area contributed by atoms with Gasteiger partial charge in [-0.1, -0.05) is 66.0 Å². The first-order valence-electron chi connectivity index (χ1n) is 15.0. The first kappa shape index (κ1) is 36.3. The molecule has 0 aromatic heterocycles. The van der Waals surface area contributed by atoms with Gasteiger partial charge in [0.05, 0.1) is 0 Å². The van der Waals surface area contributed by atoms with Gasteiger partial charge in [0.15, 0.2) is 0 Å². The van der Waals surface area contributed by atoms with Gasteiger partial charge >= 0.3 is 74.4 Å². The maximum absolute atomic E-state index is 5.66. The SMILES string of the molecule is Cl.Cl.Clc1ccc([CH]=[Zr])cc1.[C-]1=CC=CC1.[c-]1cccc2c1c1c(c3ccccc32)-c2ccccc2C1.[c-]1cccc2ccccc12. The van der Waals surface area contributed by atoms with Crippen molar-refractivity contribution in [3.05, 3.63) is 192 Å². The molecule has 0 radical (unpaired) electrons. The van der Waals surface area contributed by atoms with Crippen molar-refractivity contribution in [1.82, 2.24) is 0 Å². The van der Waals surface area contributed by atoms with Crippen LogP contribution in [0.25, 0.3) is 43.4 Å². The van der Waals surface area contributed by atoms with E-state index in [-0.39, 0.29) is 24.8 Å². The van der Waals surface area contributed by atoms with Gasteiger partial charge in [-0.3, -0.25) is 6.08 Å². The van der Waals surface area contributed by atoms with Crippen LogP contribution >= 0.6 is 36.4 Å². The van der Waals surface area contributed by atoms with Crippen LogP contribution in [0.3, 0.4) is 0 Å². The van der Waals surface area contributed by atoms with Gasteiger partial charge in [0.2, 0.25) is 0 Å². The molecule has 232 valence electrons. The topological polar surface area (TPSA) is 0 Å². The van der Waals surface area contributed by atoms with Crippen molar-refractivity contribution in [2.75, 3.05) is 0 Å². The first-order chi connectivity index (χ1) is 22.2. The molecule has 2 aliphatic rings. The standard InChI is InChI=1S/C21H13.C10H7.C7H5Cl.C5H5.2ClH.Zr/c1-2-8-15-14(7-1)13-20-18-11-4-3-9-16(18)17-10-5-6-12-19(17)21(15)20;1-2-6-10-8-4-3-7-9(10)5-1;1-6-2-4-7(8)5-3-6;1-2-4-5-3-1;;;/h1-10,12H,13H2;1-7H;1-5H;1-3H,4H2;2*1H;/q2*-1;;-1;;;. The van der Waals surface area contributed by atoms with Gasteiger partial charge in [-0.05, 0) is 28.5 Å². The van der Waals surface area contributed by atoms with E-state index in [9.17, 15) is 0 Å². The summed E-state index contributed by atoms with van der Waals surface area (Å²) < 4.78 is 2.13. The van der Waals surface area contributed by atoms with Gasteiger partial charge in [-0.25, -0.2) is 12.2 Å². The van der Waals surface area contributed by atoms with Crippen molar-refractivity contribution in [2.24, 2.45) is 0 Å². The molecule has 7 aromatic carbocycles. The Labute approximate surface area is 310 Å². The normalized spacial score (nSPS) is 11.3. The van der Waals surface area contributed by atoms with E-state index in [2.05, 4.69) is 107 Å². The number of hydrogen-bond donors (Lipinski definition) is 0. The largest absolute Gasteiger partial charge is 0.273 e. The molecule has 0 heterocycles. The zero-order chi connectivity index (χ0) is 30.8. The molecule has 0 aliphatic heterocycles. The van der Waals surface area contributed by atoms with Gasteiger partial charge in [0.1, 0.15) is 0 Å². The zero-order valence-corrected chi connectivity index (χ0v) is 30.5. The second-order valence-electron chi connectivity index (χ2n) is 10.6. The van der Waals surface area contributed by atoms with E-state index in [1.807, 2.05) is 66.7 Å². The first-order valence-corrected chi connectivity index (χ1v) is 16.8. The van der Waals surface area contributed by atoms with Crippen molar-refractivity contribution in [2.45, 2.75) is 12.8 Å². The Balaban J connectivity index is 0.000000161. The molecule has 47 heavy (non-hydrogen) atoms. The number of fused-ring (bicyclic) bond motifs is 9. The van der Waals surface area contributed by atoms with Crippen LogP contribution in [0, 0.1) is 18.2 Å². The number of hydrogen-bond acceptors (Lipinski definition) is 0. The van der Waals surface area contributed by atoms with Crippen molar-refractivity contribution < 1.29 is 24.2 Å². The number of allylic oxidation sites excluding steroid dienone is 4. The van der Waals surface area contributed by atoms with Gasteiger partial charge in [-0.15, -0.1) is 119 Å². The molecule has 0 saturated heterocycles. The third-order valence-electron chi connectivity index (χ3n) is 7.79. The third-order valence-corrected chi connectivity index (χ3v) is 8.87. The maximum Gasteiger partial charge on any atom is -0.0240 e. The molecule has 2 aliphatic carbocycles. The molecule has 0 bridgehead atoms. The Morgan fingerprint density at radius 3 is 2.04 bits per heavy atom. The molecule has 0 saturated carbocycles. The number of rotatable bonds is 1. The van der Waals surface area contributed by atoms with Gasteiger partial charge in [0, 0.05) is 0 Å². The quantitative estimate of drug-likeness (QED) is 0.116. The predicted molar refractivity (Wildman–Crippen MR) is 204 cm³/mol. The summed E-state index contributed by atoms with van der Waals surface area (Å²) in [6.45, 7) is 0. The molecule has 0 spiro atoms. The Kier molecular flexibility index (Phi) is 14.0. The fraction of sp³-hybridized carbons (Fsp3) is 0.0465. The molecule has 4 heteroatoms. The van der Waals surface area contributed by atoms with Crippen molar-refractivity contribution in [3.8, 4) is 11.1 Å². The van der Waals surface area contributed by atoms with Crippen LogP contribution in [0.15, 0.2) is 152 Å². The summed E-state index contributed by atoms with van der Waals surface area (Å²) in [6, 6.07) is 52.6. The molecule has 0 unspecified atom stereocenters. The summed E-state index contributed by atoms with van der Waals surface area (Å²) in [6.07, 6.45) is 11.0. The van der Waals surface area contributed by atoms with Crippen LogP contribution < -0.4 is 0 Å². The molecular weight excluding hydrogens is 714 g/mol. The van der Waals surface area contributed by atoms with Crippen molar-refractivity contribution in [3.63, 3.8) is 0 Å². The number of benzene rings is 7. The minimum absolute atomic E-state index is 0. The van der Waals surface area contributed by atoms with Gasteiger partial charge in [0.25, 0.3) is 0 Å². The van der Waals surface area contributed by atoms with Crippen LogP contribution in [0.1, 0.15) is 23.1 Å². The van der Waals surface area contributed by atoms with Crippen LogP contribution in [0.2, 0.25) is 5.02 Å². The van der Waals surface area contributed by atoms with Gasteiger partial charge < -0.3 is 0 Å². The Morgan fingerprint density at radius 1 is 0.660 bits per heavy atom. The van der Waals surface area contributed by atoms with Gasteiger partial charge in [-0.2, -0.15) is 6.08 Å². The van der Waals surface area contributed by atoms with Crippen molar-refractivity contribution in [1.29, 1.82) is 0 Å². The van der Waals surface area contributed by atoms with Crippen molar-refractivity contribution >= 4 is 72.4 Å². The maximum atomic E-state index is 5.66. The molecule has 7 aromatic rings. The van der Waals surface area contributed by atoms with E-state index >= 15 is 0 Å². The minimum atomic E-state index is 0. The van der Waals surface area contributed by atoms with Crippen LogP contribution in [0.5, 0.6) is 0 Å². The zero-order valence-electron chi connectivity index (χ0n) is 25.6. The molecular formula is C43H32Cl3Zr-3. The second kappa shape index (κ2) is 18.1. The minimum Gasteiger partial charge on any atom is -0.273 e. The smallest absolute Gasteiger partial charge is 0.0240 e. The summed E-state index contributed by atoms with van der Waals surface area (Å²) in [4.78, 5) is 0. The molecule has 0 N–H and O–H groups in total. The van der Waals surface area contributed by atoms with E-state index in [0.29, 0.717) is 0 Å². The molecule has 9 rings (SSSR count). The summed E-state index contributed by atoms with van der Waals surface area (Å²) >= 11 is 7.08.